The predicted molar refractivity (Wildman–Crippen MR) is 73.9 cm³/mol. The van der Waals surface area contributed by atoms with Crippen molar-refractivity contribution in [2.24, 2.45) is 0 Å². The monoisotopic (exact) mass is 276 g/mol. The average Bonchev–Trinajstić information content (AvgIpc) is 2.89. The molecule has 2 aromatic heterocycles. The van der Waals surface area contributed by atoms with Crippen molar-refractivity contribution in [1.29, 1.82) is 0 Å². The number of aliphatic hydroxyl groups excluding tert-OH is 1. The minimum Gasteiger partial charge on any atom is -0.477 e. The second-order valence-corrected chi connectivity index (χ2v) is 4.45. The van der Waals surface area contributed by atoms with Crippen molar-refractivity contribution in [3.63, 3.8) is 0 Å². The van der Waals surface area contributed by atoms with Crippen LogP contribution in [0.1, 0.15) is 16.1 Å². The quantitative estimate of drug-likeness (QED) is 0.750. The minimum absolute atomic E-state index is 0.0103. The largest absolute Gasteiger partial charge is 0.477 e. The number of aliphatic hydroxyl groups is 1. The number of carboxylic acids is 1. The fourth-order valence-corrected chi connectivity index (χ4v) is 1.81. The second kappa shape index (κ2) is 5.70. The van der Waals surface area contributed by atoms with E-state index in [-0.39, 0.29) is 12.3 Å². The van der Waals surface area contributed by atoms with Crippen molar-refractivity contribution < 1.29 is 15.0 Å². The number of aryl methyl sites for hydroxylation is 1. The number of nitrogens with zero attached hydrogens (tertiary/aromatic N) is 3. The molecule has 7 nitrogen and oxygen atoms in total. The molecule has 0 unspecified atom stereocenters. The zero-order chi connectivity index (χ0) is 14.7. The molecule has 0 fully saturated rings. The van der Waals surface area contributed by atoms with Gasteiger partial charge in [-0.2, -0.15) is 0 Å². The maximum Gasteiger partial charge on any atom is 0.352 e. The highest BCUT2D eigenvalue weighted by Crippen LogP contribution is 2.23. The molecule has 0 amide bonds. The van der Waals surface area contributed by atoms with Gasteiger partial charge >= 0.3 is 5.97 Å². The summed E-state index contributed by atoms with van der Waals surface area (Å²) in [7, 11) is 1.78. The van der Waals surface area contributed by atoms with Crippen molar-refractivity contribution in [2.75, 3.05) is 25.1 Å². The van der Waals surface area contributed by atoms with Crippen LogP contribution in [0.5, 0.6) is 0 Å². The van der Waals surface area contributed by atoms with E-state index >= 15 is 0 Å². The molecule has 2 heterocycles. The van der Waals surface area contributed by atoms with E-state index < -0.39 is 5.97 Å². The molecule has 3 N–H and O–H groups in total. The third-order valence-corrected chi connectivity index (χ3v) is 2.92. The molecule has 0 radical (unpaired) electrons. The molecule has 0 aliphatic rings. The molecule has 0 aromatic carbocycles. The number of aromatic nitrogens is 3. The number of nitrogens with one attached hydrogen (secondary N) is 1. The van der Waals surface area contributed by atoms with Gasteiger partial charge in [-0.15, -0.1) is 0 Å². The zero-order valence-corrected chi connectivity index (χ0v) is 11.3. The Kier molecular flexibility index (Phi) is 3.99. The molecule has 0 aliphatic heterocycles. The Bertz CT molecular complexity index is 624. The van der Waals surface area contributed by atoms with E-state index in [1.165, 1.54) is 6.07 Å². The molecule has 2 rings (SSSR count). The Morgan fingerprint density at radius 3 is 2.85 bits per heavy atom. The first-order valence-corrected chi connectivity index (χ1v) is 6.10. The number of H-pyrrole nitrogens is 1. The first kappa shape index (κ1) is 14.0. The van der Waals surface area contributed by atoms with Crippen LogP contribution in [0.2, 0.25) is 0 Å². The molecule has 0 spiro atoms. The van der Waals surface area contributed by atoms with Crippen molar-refractivity contribution in [3.8, 4) is 11.3 Å². The Balaban J connectivity index is 2.39. The molecule has 7 heteroatoms. The van der Waals surface area contributed by atoms with Crippen LogP contribution in [-0.4, -0.2) is 51.3 Å². The van der Waals surface area contributed by atoms with E-state index in [4.69, 9.17) is 10.2 Å². The van der Waals surface area contributed by atoms with Gasteiger partial charge < -0.3 is 20.1 Å². The molecule has 20 heavy (non-hydrogen) atoms. The lowest BCUT2D eigenvalue weighted by Gasteiger charge is -2.16. The summed E-state index contributed by atoms with van der Waals surface area (Å²) in [6.45, 7) is 2.30. The molecule has 0 saturated heterocycles. The van der Waals surface area contributed by atoms with Gasteiger partial charge in [-0.1, -0.05) is 0 Å². The van der Waals surface area contributed by atoms with Crippen molar-refractivity contribution >= 4 is 11.9 Å². The highest BCUT2D eigenvalue weighted by molar-refractivity contribution is 5.87. The maximum atomic E-state index is 10.9. The van der Waals surface area contributed by atoms with Crippen molar-refractivity contribution in [1.82, 2.24) is 15.0 Å². The molecule has 106 valence electrons. The van der Waals surface area contributed by atoms with E-state index in [0.29, 0.717) is 23.8 Å². The summed E-state index contributed by atoms with van der Waals surface area (Å²) in [6, 6.07) is 1.54. The van der Waals surface area contributed by atoms with Crippen LogP contribution in [0, 0.1) is 6.92 Å². The minimum atomic E-state index is -1.01. The fourth-order valence-electron chi connectivity index (χ4n) is 1.81. The topological polar surface area (TPSA) is 102 Å². The predicted octanol–water partition coefficient (Wildman–Crippen LogP) is 0.907. The van der Waals surface area contributed by atoms with Crippen molar-refractivity contribution in [3.05, 3.63) is 29.7 Å². The van der Waals surface area contributed by atoms with Crippen molar-refractivity contribution in [2.45, 2.75) is 6.92 Å². The first-order chi connectivity index (χ1) is 9.52. The summed E-state index contributed by atoms with van der Waals surface area (Å²) in [4.78, 5) is 23.9. The standard InChI is InChI=1S/C13H16N4O3/c1-8-6-15-13(17(2)3-4-18)16-11(8)9-5-10(12(19)20)14-7-9/h5-7,14,18H,3-4H2,1-2H3,(H,19,20). The summed E-state index contributed by atoms with van der Waals surface area (Å²) in [6.07, 6.45) is 3.29. The average molecular weight is 276 g/mol. The number of likely N-dealkylation sites (N-methyl/N-ethyl adjacent to an activating group) is 1. The Morgan fingerprint density at radius 1 is 1.50 bits per heavy atom. The summed E-state index contributed by atoms with van der Waals surface area (Å²) >= 11 is 0. The molecule has 2 aromatic rings. The van der Waals surface area contributed by atoms with E-state index in [1.54, 1.807) is 24.3 Å². The summed E-state index contributed by atoms with van der Waals surface area (Å²) in [5.41, 5.74) is 2.33. The smallest absolute Gasteiger partial charge is 0.352 e. The highest BCUT2D eigenvalue weighted by atomic mass is 16.4. The number of hydrogen-bond donors (Lipinski definition) is 3. The molecule has 0 saturated carbocycles. The van der Waals surface area contributed by atoms with Crippen LogP contribution in [0.25, 0.3) is 11.3 Å². The number of aromatic carboxylic acids is 1. The highest BCUT2D eigenvalue weighted by Gasteiger charge is 2.13. The van der Waals surface area contributed by atoms with Crippen LogP contribution >= 0.6 is 0 Å². The van der Waals surface area contributed by atoms with Gasteiger partial charge in [-0.3, -0.25) is 0 Å². The Labute approximate surface area is 115 Å². The third-order valence-electron chi connectivity index (χ3n) is 2.92. The van der Waals surface area contributed by atoms with Gasteiger partial charge in [0.1, 0.15) is 5.69 Å². The number of carboxylic acid groups (broad SMARTS) is 1. The van der Waals surface area contributed by atoms with Crippen LogP contribution in [0.3, 0.4) is 0 Å². The van der Waals surface area contributed by atoms with Crippen LogP contribution in [0.4, 0.5) is 5.95 Å². The lowest BCUT2D eigenvalue weighted by atomic mass is 10.1. The lowest BCUT2D eigenvalue weighted by molar-refractivity contribution is 0.0691. The molecular weight excluding hydrogens is 260 g/mol. The van der Waals surface area contributed by atoms with Gasteiger partial charge in [0.25, 0.3) is 0 Å². The van der Waals surface area contributed by atoms with Gasteiger partial charge in [0.2, 0.25) is 5.95 Å². The molecule has 0 bridgehead atoms. The number of hydrogen-bond acceptors (Lipinski definition) is 5. The third kappa shape index (κ3) is 2.77. The van der Waals surface area contributed by atoms with Crippen LogP contribution < -0.4 is 4.90 Å². The Morgan fingerprint density at radius 2 is 2.25 bits per heavy atom. The Hall–Kier alpha value is -2.41. The number of rotatable bonds is 5. The first-order valence-electron chi connectivity index (χ1n) is 6.10. The normalized spacial score (nSPS) is 10.6. The van der Waals surface area contributed by atoms with E-state index in [2.05, 4.69) is 15.0 Å². The number of anilines is 1. The maximum absolute atomic E-state index is 10.9. The van der Waals surface area contributed by atoms with Crippen LogP contribution in [0.15, 0.2) is 18.5 Å². The van der Waals surface area contributed by atoms with Gasteiger partial charge in [0.05, 0.1) is 12.3 Å². The summed E-state index contributed by atoms with van der Waals surface area (Å²) in [5, 5.41) is 17.9. The molecule has 0 aliphatic carbocycles. The number of aromatic amines is 1. The van der Waals surface area contributed by atoms with Crippen LogP contribution in [-0.2, 0) is 0 Å². The number of carbonyl (C=O) groups is 1. The van der Waals surface area contributed by atoms with Gasteiger partial charge in [0.15, 0.2) is 0 Å². The fraction of sp³-hybridized carbons (Fsp3) is 0.308. The SMILES string of the molecule is Cc1cnc(N(C)CCO)nc1-c1c[nH]c(C(=O)O)c1. The molecule has 0 atom stereocenters. The lowest BCUT2D eigenvalue weighted by Crippen LogP contribution is -2.23. The van der Waals surface area contributed by atoms with Gasteiger partial charge in [-0.05, 0) is 18.6 Å². The molecular formula is C13H16N4O3. The zero-order valence-electron chi connectivity index (χ0n) is 11.3. The van der Waals surface area contributed by atoms with E-state index in [9.17, 15) is 4.79 Å². The summed E-state index contributed by atoms with van der Waals surface area (Å²) in [5.74, 6) is -0.529. The van der Waals surface area contributed by atoms with E-state index in [1.807, 2.05) is 6.92 Å². The second-order valence-electron chi connectivity index (χ2n) is 4.45. The van der Waals surface area contributed by atoms with Gasteiger partial charge in [-0.25, -0.2) is 14.8 Å². The summed E-state index contributed by atoms with van der Waals surface area (Å²) < 4.78 is 0. The van der Waals surface area contributed by atoms with E-state index in [0.717, 1.165) is 5.56 Å². The van der Waals surface area contributed by atoms with Gasteiger partial charge in [0, 0.05) is 31.5 Å².